The van der Waals surface area contributed by atoms with Crippen molar-refractivity contribution < 1.29 is 9.59 Å². The quantitative estimate of drug-likeness (QED) is 0.799. The molecule has 27 heavy (non-hydrogen) atoms. The summed E-state index contributed by atoms with van der Waals surface area (Å²) >= 11 is 0. The Kier molecular flexibility index (Phi) is 5.17. The van der Waals surface area contributed by atoms with Crippen molar-refractivity contribution >= 4 is 23.1 Å². The summed E-state index contributed by atoms with van der Waals surface area (Å²) in [6, 6.07) is 13.7. The van der Waals surface area contributed by atoms with Gasteiger partial charge in [0.25, 0.3) is 11.8 Å². The topological polar surface area (TPSA) is 49.4 Å². The predicted molar refractivity (Wildman–Crippen MR) is 109 cm³/mol. The van der Waals surface area contributed by atoms with Crippen molar-refractivity contribution in [2.75, 3.05) is 11.9 Å². The highest BCUT2D eigenvalue weighted by molar-refractivity contribution is 6.36. The summed E-state index contributed by atoms with van der Waals surface area (Å²) in [7, 11) is 0. The first kappa shape index (κ1) is 18.9. The van der Waals surface area contributed by atoms with Gasteiger partial charge in [0.2, 0.25) is 0 Å². The molecule has 140 valence electrons. The van der Waals surface area contributed by atoms with Crippen LogP contribution in [0.4, 0.5) is 5.69 Å². The van der Waals surface area contributed by atoms with Crippen LogP contribution in [0.25, 0.3) is 5.57 Å². The summed E-state index contributed by atoms with van der Waals surface area (Å²) in [4.78, 5) is 27.5. The van der Waals surface area contributed by atoms with E-state index >= 15 is 0 Å². The molecule has 1 N–H and O–H groups in total. The fraction of sp³-hybridized carbons (Fsp3) is 0.304. The van der Waals surface area contributed by atoms with Gasteiger partial charge in [-0.25, -0.2) is 0 Å². The van der Waals surface area contributed by atoms with Crippen molar-refractivity contribution in [3.8, 4) is 0 Å². The van der Waals surface area contributed by atoms with Gasteiger partial charge in [0.15, 0.2) is 0 Å². The van der Waals surface area contributed by atoms with Gasteiger partial charge < -0.3 is 5.32 Å². The first-order chi connectivity index (χ1) is 12.8. The number of aryl methyl sites for hydroxylation is 3. The van der Waals surface area contributed by atoms with Crippen LogP contribution in [-0.2, 0) is 9.59 Å². The number of carbonyl (C=O) groups excluding carboxylic acids is 2. The van der Waals surface area contributed by atoms with Crippen molar-refractivity contribution in [3.05, 3.63) is 70.4 Å². The lowest BCUT2D eigenvalue weighted by Crippen LogP contribution is -2.35. The molecule has 0 saturated carbocycles. The van der Waals surface area contributed by atoms with Crippen LogP contribution in [0.1, 0.15) is 36.1 Å². The maximum Gasteiger partial charge on any atom is 0.278 e. The van der Waals surface area contributed by atoms with E-state index in [1.807, 2.05) is 77.1 Å². The molecule has 0 aliphatic carbocycles. The molecule has 1 aliphatic rings. The van der Waals surface area contributed by atoms with Crippen molar-refractivity contribution in [3.63, 3.8) is 0 Å². The van der Waals surface area contributed by atoms with Crippen molar-refractivity contribution in [1.82, 2.24) is 4.90 Å². The molecule has 1 aliphatic heterocycles. The molecule has 1 heterocycles. The largest absolute Gasteiger partial charge is 0.350 e. The van der Waals surface area contributed by atoms with Gasteiger partial charge in [0, 0.05) is 12.2 Å². The molecule has 0 radical (unpaired) electrons. The van der Waals surface area contributed by atoms with Crippen LogP contribution in [0.3, 0.4) is 0 Å². The second-order valence-corrected chi connectivity index (χ2v) is 7.65. The van der Waals surface area contributed by atoms with E-state index in [0.717, 1.165) is 22.4 Å². The normalized spacial score (nSPS) is 14.5. The number of hydrogen-bond donors (Lipinski definition) is 1. The lowest BCUT2D eigenvalue weighted by atomic mass is 10.0. The van der Waals surface area contributed by atoms with E-state index in [9.17, 15) is 9.59 Å². The molecule has 2 aromatic carbocycles. The maximum absolute atomic E-state index is 13.1. The summed E-state index contributed by atoms with van der Waals surface area (Å²) in [6.45, 7) is 10.5. The number of benzene rings is 2. The Hall–Kier alpha value is -2.88. The van der Waals surface area contributed by atoms with Gasteiger partial charge in [-0.15, -0.1) is 0 Å². The number of rotatable bonds is 5. The van der Waals surface area contributed by atoms with Crippen LogP contribution in [-0.4, -0.2) is 23.3 Å². The van der Waals surface area contributed by atoms with E-state index in [-0.39, 0.29) is 17.7 Å². The lowest BCUT2D eigenvalue weighted by Gasteiger charge is -2.17. The maximum atomic E-state index is 13.1. The second-order valence-electron chi connectivity index (χ2n) is 7.65. The Morgan fingerprint density at radius 2 is 1.56 bits per heavy atom. The van der Waals surface area contributed by atoms with Crippen molar-refractivity contribution in [2.45, 2.75) is 34.6 Å². The highest BCUT2D eigenvalue weighted by Gasteiger charge is 2.39. The fourth-order valence-corrected chi connectivity index (χ4v) is 3.17. The number of nitrogens with zero attached hydrogens (tertiary/aromatic N) is 1. The van der Waals surface area contributed by atoms with Gasteiger partial charge in [-0.1, -0.05) is 49.7 Å². The Morgan fingerprint density at radius 3 is 2.15 bits per heavy atom. The first-order valence-corrected chi connectivity index (χ1v) is 9.29. The third kappa shape index (κ3) is 3.80. The molecule has 0 bridgehead atoms. The predicted octanol–water partition coefficient (Wildman–Crippen LogP) is 4.46. The highest BCUT2D eigenvalue weighted by Crippen LogP contribution is 2.31. The Labute approximate surface area is 160 Å². The smallest absolute Gasteiger partial charge is 0.278 e. The van der Waals surface area contributed by atoms with Crippen LogP contribution in [0, 0.1) is 26.7 Å². The average molecular weight is 362 g/mol. The zero-order valence-corrected chi connectivity index (χ0v) is 16.6. The minimum Gasteiger partial charge on any atom is -0.350 e. The van der Waals surface area contributed by atoms with Crippen LogP contribution in [0.2, 0.25) is 0 Å². The molecule has 0 unspecified atom stereocenters. The summed E-state index contributed by atoms with van der Waals surface area (Å²) in [5.41, 5.74) is 5.80. The Bertz CT molecular complexity index is 924. The molecule has 2 amide bonds. The molecular weight excluding hydrogens is 336 g/mol. The standard InChI is InChI=1S/C23H26N2O2/c1-14(2)13-25-22(26)20(18-9-6-15(3)7-10-18)21(23(25)27)24-19-11-8-16(4)17(5)12-19/h6-12,14,24H,13H2,1-5H3. The van der Waals surface area contributed by atoms with Crippen LogP contribution < -0.4 is 5.32 Å². The fourth-order valence-electron chi connectivity index (χ4n) is 3.17. The number of hydrogen-bond acceptors (Lipinski definition) is 3. The minimum atomic E-state index is -0.262. The van der Waals surface area contributed by atoms with Crippen LogP contribution in [0.5, 0.6) is 0 Å². The Morgan fingerprint density at radius 1 is 0.889 bits per heavy atom. The summed E-state index contributed by atoms with van der Waals surface area (Å²) in [6.07, 6.45) is 0. The third-order valence-corrected chi connectivity index (χ3v) is 4.83. The summed E-state index contributed by atoms with van der Waals surface area (Å²) in [5, 5.41) is 3.22. The summed E-state index contributed by atoms with van der Waals surface area (Å²) < 4.78 is 0. The molecular formula is C23H26N2O2. The zero-order valence-electron chi connectivity index (χ0n) is 16.6. The van der Waals surface area contributed by atoms with E-state index in [4.69, 9.17) is 0 Å². The number of imide groups is 1. The molecule has 0 saturated heterocycles. The van der Waals surface area contributed by atoms with Crippen molar-refractivity contribution in [1.29, 1.82) is 0 Å². The molecule has 0 fully saturated rings. The third-order valence-electron chi connectivity index (χ3n) is 4.83. The SMILES string of the molecule is Cc1ccc(C2=C(Nc3ccc(C)c(C)c3)C(=O)N(CC(C)C)C2=O)cc1. The zero-order chi connectivity index (χ0) is 19.7. The van der Waals surface area contributed by atoms with Gasteiger partial charge in [-0.2, -0.15) is 0 Å². The molecule has 4 nitrogen and oxygen atoms in total. The average Bonchev–Trinajstić information content (AvgIpc) is 2.83. The summed E-state index contributed by atoms with van der Waals surface area (Å²) in [5.74, 6) is -0.287. The van der Waals surface area contributed by atoms with E-state index in [1.54, 1.807) is 0 Å². The van der Waals surface area contributed by atoms with E-state index in [0.29, 0.717) is 17.8 Å². The van der Waals surface area contributed by atoms with Gasteiger partial charge in [-0.3, -0.25) is 14.5 Å². The lowest BCUT2D eigenvalue weighted by molar-refractivity contribution is -0.137. The highest BCUT2D eigenvalue weighted by atomic mass is 16.2. The van der Waals surface area contributed by atoms with Gasteiger partial charge in [0.05, 0.1) is 5.57 Å². The number of carbonyl (C=O) groups is 2. The van der Waals surface area contributed by atoms with E-state index < -0.39 is 0 Å². The molecule has 3 rings (SSSR count). The molecule has 0 atom stereocenters. The number of anilines is 1. The van der Waals surface area contributed by atoms with E-state index in [1.165, 1.54) is 10.5 Å². The second kappa shape index (κ2) is 7.39. The van der Waals surface area contributed by atoms with Gasteiger partial charge in [0.1, 0.15) is 5.70 Å². The van der Waals surface area contributed by atoms with Gasteiger partial charge in [-0.05, 0) is 55.5 Å². The minimum absolute atomic E-state index is 0.207. The number of nitrogens with one attached hydrogen (secondary N) is 1. The molecule has 2 aromatic rings. The monoisotopic (exact) mass is 362 g/mol. The molecule has 4 heteroatoms. The van der Waals surface area contributed by atoms with Crippen LogP contribution >= 0.6 is 0 Å². The number of amides is 2. The van der Waals surface area contributed by atoms with Crippen LogP contribution in [0.15, 0.2) is 48.2 Å². The first-order valence-electron chi connectivity index (χ1n) is 9.29. The van der Waals surface area contributed by atoms with E-state index in [2.05, 4.69) is 5.32 Å². The Balaban J connectivity index is 2.06. The molecule has 0 spiro atoms. The van der Waals surface area contributed by atoms with Gasteiger partial charge >= 0.3 is 0 Å². The van der Waals surface area contributed by atoms with Crippen molar-refractivity contribution in [2.24, 2.45) is 5.92 Å². The molecule has 0 aromatic heterocycles.